The van der Waals surface area contributed by atoms with Crippen molar-refractivity contribution in [2.24, 2.45) is 0 Å². The lowest BCUT2D eigenvalue weighted by Gasteiger charge is -2.36. The fourth-order valence-corrected chi connectivity index (χ4v) is 5.09. The summed E-state index contributed by atoms with van der Waals surface area (Å²) in [5.41, 5.74) is 5.56. The van der Waals surface area contributed by atoms with Gasteiger partial charge in [-0.05, 0) is 69.5 Å². The molecule has 7 nitrogen and oxygen atoms in total. The zero-order valence-corrected chi connectivity index (χ0v) is 22.9. The molecule has 1 saturated heterocycles. The number of nitrogens with zero attached hydrogens (tertiary/aromatic N) is 3. The van der Waals surface area contributed by atoms with Gasteiger partial charge in [0.15, 0.2) is 0 Å². The molecule has 7 heteroatoms. The molecule has 1 aliphatic rings. The third kappa shape index (κ3) is 7.21. The number of carbonyl (C=O) groups excluding carboxylic acids is 1. The molecule has 1 N–H and O–H groups in total. The lowest BCUT2D eigenvalue weighted by Crippen LogP contribution is -2.42. The summed E-state index contributed by atoms with van der Waals surface area (Å²) in [6, 6.07) is 8.32. The Morgan fingerprint density at radius 3 is 2.76 bits per heavy atom. The smallest absolute Gasteiger partial charge is 0.251 e. The highest BCUT2D eigenvalue weighted by Gasteiger charge is 2.25. The topological polar surface area (TPSA) is 66.9 Å². The SMILES string of the molecule is C=CCc1c(C(=O)NCc2c(CN(C)CC=C)cc(C)nc2OC)cccc1N(CC)C1CCCOC1. The monoisotopic (exact) mass is 506 g/mol. The van der Waals surface area contributed by atoms with Crippen LogP contribution in [-0.2, 0) is 24.2 Å². The molecule has 1 aromatic heterocycles. The minimum Gasteiger partial charge on any atom is -0.481 e. The van der Waals surface area contributed by atoms with Crippen molar-refractivity contribution < 1.29 is 14.3 Å². The zero-order chi connectivity index (χ0) is 26.8. The number of anilines is 1. The van der Waals surface area contributed by atoms with Crippen LogP contribution in [0, 0.1) is 6.92 Å². The van der Waals surface area contributed by atoms with Crippen LogP contribution >= 0.6 is 0 Å². The summed E-state index contributed by atoms with van der Waals surface area (Å²) in [5, 5.41) is 3.14. The number of carbonyl (C=O) groups is 1. The number of aromatic nitrogens is 1. The van der Waals surface area contributed by atoms with Crippen molar-refractivity contribution >= 4 is 11.6 Å². The molecular formula is C30H42N4O3. The van der Waals surface area contributed by atoms with Gasteiger partial charge in [0.2, 0.25) is 5.88 Å². The second-order valence-corrected chi connectivity index (χ2v) is 9.53. The molecule has 0 radical (unpaired) electrons. The number of allylic oxidation sites excluding steroid dienone is 1. The summed E-state index contributed by atoms with van der Waals surface area (Å²) in [6.45, 7) is 16.0. The Labute approximate surface area is 222 Å². The van der Waals surface area contributed by atoms with Gasteiger partial charge in [0.1, 0.15) is 0 Å². The Balaban J connectivity index is 1.89. The first kappa shape index (κ1) is 28.4. The van der Waals surface area contributed by atoms with E-state index in [1.54, 1.807) is 7.11 Å². The van der Waals surface area contributed by atoms with Crippen LogP contribution in [0.15, 0.2) is 49.6 Å². The molecule has 2 heterocycles. The summed E-state index contributed by atoms with van der Waals surface area (Å²) in [4.78, 5) is 22.7. The Bertz CT molecular complexity index is 1080. The molecule has 1 unspecified atom stereocenters. The van der Waals surface area contributed by atoms with Gasteiger partial charge >= 0.3 is 0 Å². The Kier molecular flexibility index (Phi) is 10.7. The van der Waals surface area contributed by atoms with Gasteiger partial charge in [-0.15, -0.1) is 13.2 Å². The van der Waals surface area contributed by atoms with Crippen LogP contribution in [0.5, 0.6) is 5.88 Å². The Morgan fingerprint density at radius 1 is 1.30 bits per heavy atom. The van der Waals surface area contributed by atoms with Crippen molar-refractivity contribution in [3.05, 3.63) is 77.5 Å². The van der Waals surface area contributed by atoms with E-state index in [0.717, 1.165) is 60.6 Å². The summed E-state index contributed by atoms with van der Waals surface area (Å²) < 4.78 is 11.4. The highest BCUT2D eigenvalue weighted by molar-refractivity contribution is 5.97. The van der Waals surface area contributed by atoms with Crippen molar-refractivity contribution in [2.45, 2.75) is 52.2 Å². The highest BCUT2D eigenvalue weighted by Crippen LogP contribution is 2.29. The molecule has 1 amide bonds. The van der Waals surface area contributed by atoms with E-state index in [0.29, 0.717) is 43.6 Å². The fourth-order valence-electron chi connectivity index (χ4n) is 5.09. The maximum absolute atomic E-state index is 13.6. The molecule has 1 aromatic carbocycles. The second-order valence-electron chi connectivity index (χ2n) is 9.53. The van der Waals surface area contributed by atoms with Crippen LogP contribution in [0.4, 0.5) is 5.69 Å². The zero-order valence-electron chi connectivity index (χ0n) is 22.9. The molecule has 3 rings (SSSR count). The third-order valence-corrected chi connectivity index (χ3v) is 6.78. The molecule has 0 saturated carbocycles. The normalized spacial score (nSPS) is 15.3. The molecule has 37 heavy (non-hydrogen) atoms. The molecule has 1 fully saturated rings. The second kappa shape index (κ2) is 14.0. The number of methoxy groups -OCH3 is 1. The van der Waals surface area contributed by atoms with Crippen LogP contribution < -0.4 is 15.0 Å². The van der Waals surface area contributed by atoms with Gasteiger partial charge in [-0.3, -0.25) is 9.69 Å². The van der Waals surface area contributed by atoms with E-state index in [1.165, 1.54) is 0 Å². The number of hydrogen-bond donors (Lipinski definition) is 1. The molecule has 0 spiro atoms. The van der Waals surface area contributed by atoms with E-state index in [1.807, 2.05) is 38.3 Å². The molecule has 1 atom stereocenters. The van der Waals surface area contributed by atoms with E-state index in [-0.39, 0.29) is 5.91 Å². The van der Waals surface area contributed by atoms with E-state index < -0.39 is 0 Å². The van der Waals surface area contributed by atoms with Crippen molar-refractivity contribution in [3.63, 3.8) is 0 Å². The number of nitrogens with one attached hydrogen (secondary N) is 1. The number of benzene rings is 1. The quantitative estimate of drug-likeness (QED) is 0.398. The molecular weight excluding hydrogens is 464 g/mol. The van der Waals surface area contributed by atoms with Crippen molar-refractivity contribution in [1.29, 1.82) is 0 Å². The van der Waals surface area contributed by atoms with Crippen LogP contribution in [-0.4, -0.2) is 62.3 Å². The number of aryl methyl sites for hydroxylation is 1. The van der Waals surface area contributed by atoms with Gasteiger partial charge in [-0.1, -0.05) is 18.2 Å². The van der Waals surface area contributed by atoms with Gasteiger partial charge in [0, 0.05) is 55.3 Å². The predicted octanol–water partition coefficient (Wildman–Crippen LogP) is 4.68. The number of amides is 1. The average Bonchev–Trinajstić information content (AvgIpc) is 2.89. The summed E-state index contributed by atoms with van der Waals surface area (Å²) in [6.07, 6.45) is 6.48. The van der Waals surface area contributed by atoms with Crippen LogP contribution in [0.1, 0.15) is 52.5 Å². The number of rotatable bonds is 13. The summed E-state index contributed by atoms with van der Waals surface area (Å²) in [5.74, 6) is 0.416. The summed E-state index contributed by atoms with van der Waals surface area (Å²) >= 11 is 0. The number of pyridine rings is 1. The van der Waals surface area contributed by atoms with Crippen LogP contribution in [0.2, 0.25) is 0 Å². The number of likely N-dealkylation sites (N-methyl/N-ethyl adjacent to an activating group) is 2. The molecule has 200 valence electrons. The van der Waals surface area contributed by atoms with Crippen molar-refractivity contribution in [3.8, 4) is 5.88 Å². The number of ether oxygens (including phenoxy) is 2. The first-order valence-electron chi connectivity index (χ1n) is 13.1. The van der Waals surface area contributed by atoms with Crippen molar-refractivity contribution in [2.75, 3.05) is 45.4 Å². The fraction of sp³-hybridized carbons (Fsp3) is 0.467. The Hall–Kier alpha value is -3.16. The van der Waals surface area contributed by atoms with E-state index in [2.05, 4.69) is 52.3 Å². The van der Waals surface area contributed by atoms with E-state index >= 15 is 0 Å². The maximum Gasteiger partial charge on any atom is 0.251 e. The first-order valence-corrected chi connectivity index (χ1v) is 13.1. The predicted molar refractivity (Wildman–Crippen MR) is 150 cm³/mol. The van der Waals surface area contributed by atoms with E-state index in [9.17, 15) is 4.79 Å². The van der Waals surface area contributed by atoms with Gasteiger partial charge in [0.25, 0.3) is 5.91 Å². The van der Waals surface area contributed by atoms with Gasteiger partial charge in [-0.25, -0.2) is 4.98 Å². The maximum atomic E-state index is 13.6. The minimum absolute atomic E-state index is 0.123. The van der Waals surface area contributed by atoms with Gasteiger partial charge < -0.3 is 19.7 Å². The van der Waals surface area contributed by atoms with Crippen molar-refractivity contribution in [1.82, 2.24) is 15.2 Å². The summed E-state index contributed by atoms with van der Waals surface area (Å²) in [7, 11) is 3.65. The Morgan fingerprint density at radius 2 is 2.11 bits per heavy atom. The lowest BCUT2D eigenvalue weighted by atomic mass is 9.98. The molecule has 0 aliphatic carbocycles. The van der Waals surface area contributed by atoms with Gasteiger partial charge in [0.05, 0.1) is 19.8 Å². The van der Waals surface area contributed by atoms with E-state index in [4.69, 9.17) is 9.47 Å². The standard InChI is InChI=1S/C30H42N4O3/c1-7-12-25-26(14-10-15-28(25)34(9-3)24-13-11-17-37-21-24)29(35)31-19-27-23(20-33(5)16-8-2)18-22(4)32-30(27)36-6/h7-8,10,14-15,18,24H,1-2,9,11-13,16-17,19-21H2,3-6H3,(H,31,35). The van der Waals surface area contributed by atoms with Crippen LogP contribution in [0.25, 0.3) is 0 Å². The largest absolute Gasteiger partial charge is 0.481 e. The lowest BCUT2D eigenvalue weighted by molar-refractivity contribution is 0.0795. The first-order chi connectivity index (χ1) is 17.9. The molecule has 2 aromatic rings. The third-order valence-electron chi connectivity index (χ3n) is 6.78. The molecule has 0 bridgehead atoms. The minimum atomic E-state index is -0.123. The highest BCUT2D eigenvalue weighted by atomic mass is 16.5. The average molecular weight is 507 g/mol. The molecule has 1 aliphatic heterocycles. The van der Waals surface area contributed by atoms with Gasteiger partial charge in [-0.2, -0.15) is 0 Å². The van der Waals surface area contributed by atoms with Crippen LogP contribution in [0.3, 0.4) is 0 Å². The number of hydrogen-bond acceptors (Lipinski definition) is 6.